The largest absolute Gasteiger partial charge is 0.452 e. The fraction of sp³-hybridized carbons (Fsp3) is 0.357. The van der Waals surface area contributed by atoms with Gasteiger partial charge in [-0.15, -0.1) is 4.90 Å². The Kier molecular flexibility index (Phi) is 4.41. The number of halogens is 1. The number of carbonyl (C=O) groups is 2. The minimum Gasteiger partial charge on any atom is -0.452 e. The quantitative estimate of drug-likeness (QED) is 0.825. The van der Waals surface area contributed by atoms with Crippen molar-refractivity contribution in [3.05, 3.63) is 22.7 Å². The standard InChI is InChI=1S/C14H16BrN3O4/c1-14(2,3)22-13(20)18(12(19)21-4)11-16-9-6-5-8(15)7-10(9)17-11/h5-7H,1-4H3,(H,16,17). The molecule has 118 valence electrons. The molecule has 0 saturated carbocycles. The zero-order chi connectivity index (χ0) is 16.5. The average Bonchev–Trinajstić information content (AvgIpc) is 2.78. The van der Waals surface area contributed by atoms with Crippen LogP contribution in [0.5, 0.6) is 0 Å². The number of ether oxygens (including phenoxy) is 2. The molecule has 0 spiro atoms. The van der Waals surface area contributed by atoms with E-state index >= 15 is 0 Å². The van der Waals surface area contributed by atoms with Crippen LogP contribution in [0, 0.1) is 0 Å². The first-order chi connectivity index (χ1) is 10.2. The van der Waals surface area contributed by atoms with Gasteiger partial charge in [0.15, 0.2) is 0 Å². The topological polar surface area (TPSA) is 84.5 Å². The number of aromatic nitrogens is 2. The van der Waals surface area contributed by atoms with Crippen molar-refractivity contribution in [3.8, 4) is 0 Å². The maximum atomic E-state index is 12.2. The predicted octanol–water partition coefficient (Wildman–Crippen LogP) is 3.83. The molecule has 2 aromatic rings. The number of carbonyl (C=O) groups excluding carboxylic acids is 2. The van der Waals surface area contributed by atoms with E-state index in [1.54, 1.807) is 32.9 Å². The monoisotopic (exact) mass is 369 g/mol. The van der Waals surface area contributed by atoms with Crippen LogP contribution >= 0.6 is 15.9 Å². The summed E-state index contributed by atoms with van der Waals surface area (Å²) in [5.41, 5.74) is 0.524. The highest BCUT2D eigenvalue weighted by Crippen LogP contribution is 2.23. The van der Waals surface area contributed by atoms with Crippen molar-refractivity contribution in [3.63, 3.8) is 0 Å². The number of hydrogen-bond acceptors (Lipinski definition) is 5. The van der Waals surface area contributed by atoms with Gasteiger partial charge in [-0.1, -0.05) is 15.9 Å². The summed E-state index contributed by atoms with van der Waals surface area (Å²) in [7, 11) is 1.18. The second kappa shape index (κ2) is 5.96. The van der Waals surface area contributed by atoms with Gasteiger partial charge in [-0.05, 0) is 39.0 Å². The van der Waals surface area contributed by atoms with Crippen LogP contribution in [-0.2, 0) is 9.47 Å². The Hall–Kier alpha value is -2.09. The summed E-state index contributed by atoms with van der Waals surface area (Å²) in [6.45, 7) is 5.11. The molecule has 0 fully saturated rings. The number of aromatic amines is 1. The third kappa shape index (κ3) is 3.56. The Labute approximate surface area is 135 Å². The molecule has 1 heterocycles. The third-order valence-electron chi connectivity index (χ3n) is 2.58. The molecule has 2 rings (SSSR count). The first-order valence-electron chi connectivity index (χ1n) is 6.47. The highest BCUT2D eigenvalue weighted by atomic mass is 79.9. The first kappa shape index (κ1) is 16.3. The molecule has 0 saturated heterocycles. The van der Waals surface area contributed by atoms with Crippen molar-refractivity contribution in [2.45, 2.75) is 26.4 Å². The first-order valence-corrected chi connectivity index (χ1v) is 7.27. The van der Waals surface area contributed by atoms with Gasteiger partial charge in [0, 0.05) is 4.47 Å². The molecule has 0 atom stereocenters. The summed E-state index contributed by atoms with van der Waals surface area (Å²) >= 11 is 3.35. The lowest BCUT2D eigenvalue weighted by atomic mass is 10.2. The van der Waals surface area contributed by atoms with Gasteiger partial charge in [0.1, 0.15) is 5.60 Å². The Morgan fingerprint density at radius 3 is 2.55 bits per heavy atom. The van der Waals surface area contributed by atoms with E-state index in [0.29, 0.717) is 11.0 Å². The number of imidazole rings is 1. The normalized spacial score (nSPS) is 11.3. The van der Waals surface area contributed by atoms with Crippen LogP contribution < -0.4 is 4.90 Å². The summed E-state index contributed by atoms with van der Waals surface area (Å²) in [6, 6.07) is 5.35. The Balaban J connectivity index is 2.43. The van der Waals surface area contributed by atoms with Crippen LogP contribution in [0.2, 0.25) is 0 Å². The molecule has 1 aromatic carbocycles. The summed E-state index contributed by atoms with van der Waals surface area (Å²) in [6.07, 6.45) is -1.75. The number of imide groups is 1. The molecular formula is C14H16BrN3O4. The number of rotatable bonds is 1. The van der Waals surface area contributed by atoms with Gasteiger partial charge in [-0.2, -0.15) is 0 Å². The van der Waals surface area contributed by atoms with Crippen LogP contribution in [0.4, 0.5) is 15.5 Å². The molecule has 0 radical (unpaired) electrons. The lowest BCUT2D eigenvalue weighted by Crippen LogP contribution is -2.41. The average molecular weight is 370 g/mol. The SMILES string of the molecule is COC(=O)N(C(=O)OC(C)(C)C)c1nc2ccc(Br)cc2[nH]1. The number of fused-ring (bicyclic) bond motifs is 1. The second-order valence-electron chi connectivity index (χ2n) is 5.51. The van der Waals surface area contributed by atoms with Gasteiger partial charge in [0.2, 0.25) is 5.95 Å². The van der Waals surface area contributed by atoms with Gasteiger partial charge < -0.3 is 14.5 Å². The molecule has 0 unspecified atom stereocenters. The summed E-state index contributed by atoms with van der Waals surface area (Å²) < 4.78 is 10.7. The highest BCUT2D eigenvalue weighted by Gasteiger charge is 2.32. The van der Waals surface area contributed by atoms with Gasteiger partial charge in [0.05, 0.1) is 18.1 Å². The van der Waals surface area contributed by atoms with Crippen molar-refractivity contribution < 1.29 is 19.1 Å². The van der Waals surface area contributed by atoms with Gasteiger partial charge in [-0.25, -0.2) is 14.6 Å². The van der Waals surface area contributed by atoms with Gasteiger partial charge in [-0.3, -0.25) is 0 Å². The van der Waals surface area contributed by atoms with Crippen LogP contribution in [-0.4, -0.2) is 34.9 Å². The highest BCUT2D eigenvalue weighted by molar-refractivity contribution is 9.10. The van der Waals surface area contributed by atoms with Crippen molar-refractivity contribution in [1.29, 1.82) is 0 Å². The minimum absolute atomic E-state index is 0.0363. The molecule has 0 aliphatic rings. The number of anilines is 1. The Bertz CT molecular complexity index is 720. The molecule has 1 aromatic heterocycles. The lowest BCUT2D eigenvalue weighted by Gasteiger charge is -2.23. The number of amides is 2. The van der Waals surface area contributed by atoms with E-state index in [2.05, 4.69) is 30.6 Å². The van der Waals surface area contributed by atoms with Crippen LogP contribution in [0.15, 0.2) is 22.7 Å². The Morgan fingerprint density at radius 1 is 1.27 bits per heavy atom. The number of nitrogens with one attached hydrogen (secondary N) is 1. The molecule has 22 heavy (non-hydrogen) atoms. The summed E-state index contributed by atoms with van der Waals surface area (Å²) in [5.74, 6) is 0.0363. The fourth-order valence-electron chi connectivity index (χ4n) is 1.72. The second-order valence-corrected chi connectivity index (χ2v) is 6.42. The molecule has 0 bridgehead atoms. The van der Waals surface area contributed by atoms with Crippen LogP contribution in [0.25, 0.3) is 11.0 Å². The maximum Gasteiger partial charge on any atom is 0.427 e. The van der Waals surface area contributed by atoms with E-state index in [4.69, 9.17) is 4.74 Å². The van der Waals surface area contributed by atoms with Crippen molar-refractivity contribution in [2.75, 3.05) is 12.0 Å². The smallest absolute Gasteiger partial charge is 0.427 e. The van der Waals surface area contributed by atoms with Crippen molar-refractivity contribution in [2.24, 2.45) is 0 Å². The number of methoxy groups -OCH3 is 1. The summed E-state index contributed by atoms with van der Waals surface area (Å²) in [5, 5.41) is 0. The molecule has 7 nitrogen and oxygen atoms in total. The number of H-pyrrole nitrogens is 1. The zero-order valence-corrected chi connectivity index (χ0v) is 14.2. The lowest BCUT2D eigenvalue weighted by molar-refractivity contribution is 0.0573. The molecule has 0 aliphatic heterocycles. The van der Waals surface area contributed by atoms with Gasteiger partial charge in [0.25, 0.3) is 0 Å². The molecule has 0 aliphatic carbocycles. The van der Waals surface area contributed by atoms with Crippen LogP contribution in [0.3, 0.4) is 0 Å². The molecule has 2 amide bonds. The van der Waals surface area contributed by atoms with E-state index in [-0.39, 0.29) is 5.95 Å². The predicted molar refractivity (Wildman–Crippen MR) is 84.9 cm³/mol. The fourth-order valence-corrected chi connectivity index (χ4v) is 2.08. The molecule has 8 heteroatoms. The van der Waals surface area contributed by atoms with E-state index in [1.165, 1.54) is 7.11 Å². The maximum absolute atomic E-state index is 12.2. The molecule has 1 N–H and O–H groups in total. The summed E-state index contributed by atoms with van der Waals surface area (Å²) in [4.78, 5) is 32.0. The minimum atomic E-state index is -0.882. The van der Waals surface area contributed by atoms with E-state index in [9.17, 15) is 9.59 Å². The third-order valence-corrected chi connectivity index (χ3v) is 3.07. The number of hydrogen-bond donors (Lipinski definition) is 1. The van der Waals surface area contributed by atoms with Crippen molar-refractivity contribution in [1.82, 2.24) is 9.97 Å². The zero-order valence-electron chi connectivity index (χ0n) is 12.6. The van der Waals surface area contributed by atoms with Crippen molar-refractivity contribution >= 4 is 45.1 Å². The van der Waals surface area contributed by atoms with E-state index in [0.717, 1.165) is 9.37 Å². The number of nitrogens with zero attached hydrogens (tertiary/aromatic N) is 2. The van der Waals surface area contributed by atoms with Crippen LogP contribution in [0.1, 0.15) is 20.8 Å². The van der Waals surface area contributed by atoms with E-state index < -0.39 is 17.8 Å². The Morgan fingerprint density at radius 2 is 1.95 bits per heavy atom. The van der Waals surface area contributed by atoms with Gasteiger partial charge >= 0.3 is 12.2 Å². The molecular weight excluding hydrogens is 354 g/mol. The van der Waals surface area contributed by atoms with E-state index in [1.807, 2.05) is 6.07 Å². The number of benzene rings is 1.